The van der Waals surface area contributed by atoms with Crippen LogP contribution in [0.15, 0.2) is 54.6 Å². The van der Waals surface area contributed by atoms with Gasteiger partial charge in [0, 0.05) is 10.9 Å². The Labute approximate surface area is 114 Å². The lowest BCUT2D eigenvalue weighted by Gasteiger charge is -1.91. The molecule has 0 fully saturated rings. The van der Waals surface area contributed by atoms with Crippen LogP contribution in [0.1, 0.15) is 16.3 Å². The number of imidazole rings is 1. The number of para-hydroxylation sites is 3. The molecule has 0 atom stereocenters. The Morgan fingerprint density at radius 3 is 2.45 bits per heavy atom. The molecule has 0 saturated carbocycles. The molecular formula is C16H11N3O. The van der Waals surface area contributed by atoms with Crippen molar-refractivity contribution in [3.05, 3.63) is 66.1 Å². The number of aromatic nitrogens is 3. The summed E-state index contributed by atoms with van der Waals surface area (Å²) >= 11 is 0. The monoisotopic (exact) mass is 261 g/mol. The Hall–Kier alpha value is -2.88. The van der Waals surface area contributed by atoms with Crippen molar-refractivity contribution in [2.45, 2.75) is 0 Å². The Kier molecular flexibility index (Phi) is 2.23. The van der Waals surface area contributed by atoms with Crippen molar-refractivity contribution in [1.82, 2.24) is 15.0 Å². The second-order valence-corrected chi connectivity index (χ2v) is 4.70. The number of ketones is 1. The van der Waals surface area contributed by atoms with E-state index >= 15 is 0 Å². The number of nitrogens with zero attached hydrogens (tertiary/aromatic N) is 1. The molecule has 0 aliphatic rings. The molecule has 2 heterocycles. The average molecular weight is 261 g/mol. The highest BCUT2D eigenvalue weighted by atomic mass is 16.1. The molecule has 96 valence electrons. The van der Waals surface area contributed by atoms with E-state index in [1.54, 1.807) is 0 Å². The van der Waals surface area contributed by atoms with Gasteiger partial charge in [-0.2, -0.15) is 0 Å². The summed E-state index contributed by atoms with van der Waals surface area (Å²) in [5.74, 6) is 0.232. The zero-order valence-electron chi connectivity index (χ0n) is 10.6. The predicted octanol–water partition coefficient (Wildman–Crippen LogP) is 3.28. The molecule has 20 heavy (non-hydrogen) atoms. The topological polar surface area (TPSA) is 61.5 Å². The predicted molar refractivity (Wildman–Crippen MR) is 77.8 cm³/mol. The van der Waals surface area contributed by atoms with Crippen molar-refractivity contribution in [3.63, 3.8) is 0 Å². The Bertz CT molecular complexity index is 791. The summed E-state index contributed by atoms with van der Waals surface area (Å²) in [6, 6.07) is 17.3. The molecule has 0 amide bonds. The highest BCUT2D eigenvalue weighted by Gasteiger charge is 2.15. The minimum absolute atomic E-state index is 0.127. The van der Waals surface area contributed by atoms with Gasteiger partial charge >= 0.3 is 0 Å². The molecule has 0 spiro atoms. The summed E-state index contributed by atoms with van der Waals surface area (Å²) in [7, 11) is 0. The molecule has 4 rings (SSSR count). The van der Waals surface area contributed by atoms with E-state index in [-0.39, 0.29) is 5.78 Å². The first-order chi connectivity index (χ1) is 9.81. The lowest BCUT2D eigenvalue weighted by atomic mass is 10.2. The first-order valence-corrected chi connectivity index (χ1v) is 6.38. The minimum Gasteiger partial charge on any atom is -0.352 e. The van der Waals surface area contributed by atoms with Gasteiger partial charge in [-0.25, -0.2) is 4.98 Å². The highest BCUT2D eigenvalue weighted by molar-refractivity contribution is 6.09. The molecule has 4 aromatic rings. The summed E-state index contributed by atoms with van der Waals surface area (Å²) in [5, 5.41) is 1.02. The lowest BCUT2D eigenvalue weighted by Crippen LogP contribution is -2.03. The maximum absolute atomic E-state index is 12.5. The van der Waals surface area contributed by atoms with Crippen LogP contribution in [-0.4, -0.2) is 20.7 Å². The van der Waals surface area contributed by atoms with Crippen LogP contribution in [0.5, 0.6) is 0 Å². The van der Waals surface area contributed by atoms with Gasteiger partial charge in [-0.15, -0.1) is 0 Å². The third-order valence-electron chi connectivity index (χ3n) is 3.38. The van der Waals surface area contributed by atoms with Crippen LogP contribution in [0.25, 0.3) is 21.9 Å². The number of carbonyl (C=O) groups excluding carboxylic acids is 1. The summed E-state index contributed by atoms with van der Waals surface area (Å²) < 4.78 is 0. The molecule has 0 bridgehead atoms. The van der Waals surface area contributed by atoms with Crippen molar-refractivity contribution in [2.75, 3.05) is 0 Å². The van der Waals surface area contributed by atoms with Gasteiger partial charge in [0.25, 0.3) is 0 Å². The fraction of sp³-hybridized carbons (Fsp3) is 0. The van der Waals surface area contributed by atoms with Crippen LogP contribution in [0.2, 0.25) is 0 Å². The number of benzene rings is 2. The first kappa shape index (κ1) is 11.0. The second kappa shape index (κ2) is 4.06. The van der Waals surface area contributed by atoms with Gasteiger partial charge < -0.3 is 9.97 Å². The number of hydrogen-bond donors (Lipinski definition) is 2. The van der Waals surface area contributed by atoms with Gasteiger partial charge in [0.1, 0.15) is 0 Å². The van der Waals surface area contributed by atoms with Crippen molar-refractivity contribution < 1.29 is 4.79 Å². The van der Waals surface area contributed by atoms with Gasteiger partial charge in [-0.1, -0.05) is 30.3 Å². The molecule has 4 nitrogen and oxygen atoms in total. The standard InChI is InChI=1S/C16H11N3O/c20-15(14-9-10-5-1-2-6-11(10)17-14)16-18-12-7-3-4-8-13(12)19-16/h1-9,17H,(H,18,19). The van der Waals surface area contributed by atoms with Crippen molar-refractivity contribution in [3.8, 4) is 0 Å². The average Bonchev–Trinajstić information content (AvgIpc) is 3.10. The number of H-pyrrole nitrogens is 2. The highest BCUT2D eigenvalue weighted by Crippen LogP contribution is 2.18. The summed E-state index contributed by atoms with van der Waals surface area (Å²) in [4.78, 5) is 23.0. The molecule has 0 radical (unpaired) electrons. The molecule has 4 heteroatoms. The van der Waals surface area contributed by atoms with Crippen molar-refractivity contribution in [2.24, 2.45) is 0 Å². The first-order valence-electron chi connectivity index (χ1n) is 6.38. The van der Waals surface area contributed by atoms with Gasteiger partial charge in [-0.05, 0) is 24.3 Å². The third-order valence-corrected chi connectivity index (χ3v) is 3.38. The maximum atomic E-state index is 12.5. The zero-order chi connectivity index (χ0) is 13.5. The van der Waals surface area contributed by atoms with Gasteiger partial charge in [-0.3, -0.25) is 4.79 Å². The SMILES string of the molecule is O=C(c1cc2ccccc2[nH]1)c1nc2ccccc2[nH]1. The quantitative estimate of drug-likeness (QED) is 0.544. The lowest BCUT2D eigenvalue weighted by molar-refractivity contribution is 0.102. The zero-order valence-corrected chi connectivity index (χ0v) is 10.6. The van der Waals surface area contributed by atoms with Crippen LogP contribution in [0.3, 0.4) is 0 Å². The molecule has 0 aliphatic heterocycles. The maximum Gasteiger partial charge on any atom is 0.244 e. The van der Waals surface area contributed by atoms with Crippen molar-refractivity contribution >= 4 is 27.7 Å². The summed E-state index contributed by atoms with van der Waals surface area (Å²) in [6.07, 6.45) is 0. The summed E-state index contributed by atoms with van der Waals surface area (Å²) in [5.41, 5.74) is 3.16. The number of rotatable bonds is 2. The van der Waals surface area contributed by atoms with Crippen LogP contribution < -0.4 is 0 Å². The largest absolute Gasteiger partial charge is 0.352 e. The second-order valence-electron chi connectivity index (χ2n) is 4.70. The number of hydrogen-bond acceptors (Lipinski definition) is 2. The molecular weight excluding hydrogens is 250 g/mol. The number of fused-ring (bicyclic) bond motifs is 2. The van der Waals surface area contributed by atoms with Crippen LogP contribution in [-0.2, 0) is 0 Å². The molecule has 0 aliphatic carbocycles. The Morgan fingerprint density at radius 1 is 0.900 bits per heavy atom. The van der Waals surface area contributed by atoms with Crippen LogP contribution in [0.4, 0.5) is 0 Å². The van der Waals surface area contributed by atoms with E-state index in [1.165, 1.54) is 0 Å². The van der Waals surface area contributed by atoms with E-state index < -0.39 is 0 Å². The number of nitrogens with one attached hydrogen (secondary N) is 2. The Balaban J connectivity index is 1.82. The fourth-order valence-electron chi connectivity index (χ4n) is 2.38. The smallest absolute Gasteiger partial charge is 0.244 e. The molecule has 0 saturated heterocycles. The summed E-state index contributed by atoms with van der Waals surface area (Å²) in [6.45, 7) is 0. The van der Waals surface area contributed by atoms with E-state index in [9.17, 15) is 4.79 Å². The number of carbonyl (C=O) groups is 1. The van der Waals surface area contributed by atoms with E-state index in [4.69, 9.17) is 0 Å². The third kappa shape index (κ3) is 1.62. The molecule has 2 aromatic heterocycles. The van der Waals surface area contributed by atoms with Gasteiger partial charge in [0.05, 0.1) is 16.7 Å². The van der Waals surface area contributed by atoms with E-state index in [0.29, 0.717) is 11.5 Å². The van der Waals surface area contributed by atoms with Gasteiger partial charge in [0.15, 0.2) is 5.82 Å². The van der Waals surface area contributed by atoms with Crippen LogP contribution >= 0.6 is 0 Å². The van der Waals surface area contributed by atoms with Gasteiger partial charge in [0.2, 0.25) is 5.78 Å². The number of aromatic amines is 2. The van der Waals surface area contributed by atoms with E-state index in [2.05, 4.69) is 15.0 Å². The fourth-order valence-corrected chi connectivity index (χ4v) is 2.38. The molecule has 0 unspecified atom stereocenters. The van der Waals surface area contributed by atoms with Crippen molar-refractivity contribution in [1.29, 1.82) is 0 Å². The Morgan fingerprint density at radius 2 is 1.65 bits per heavy atom. The molecule has 2 aromatic carbocycles. The minimum atomic E-state index is -0.127. The molecule has 2 N–H and O–H groups in total. The van der Waals surface area contributed by atoms with Crippen LogP contribution in [0, 0.1) is 0 Å². The van der Waals surface area contributed by atoms with E-state index in [1.807, 2.05) is 54.6 Å². The van der Waals surface area contributed by atoms with E-state index in [0.717, 1.165) is 21.9 Å². The normalized spacial score (nSPS) is 11.2.